The summed E-state index contributed by atoms with van der Waals surface area (Å²) in [4.78, 5) is 15.2. The molecule has 0 atom stereocenters. The highest BCUT2D eigenvalue weighted by Gasteiger charge is 2.22. The maximum Gasteiger partial charge on any atom is 0.251 e. The lowest BCUT2D eigenvalue weighted by Crippen LogP contribution is -2.44. The quantitative estimate of drug-likeness (QED) is 0.771. The number of aryl methyl sites for hydroxylation is 1. The average molecular weight is 368 g/mol. The van der Waals surface area contributed by atoms with E-state index in [0.717, 1.165) is 44.5 Å². The Kier molecular flexibility index (Phi) is 6.98. The molecule has 0 bridgehead atoms. The van der Waals surface area contributed by atoms with Gasteiger partial charge in [0.05, 0.1) is 4.90 Å². The van der Waals surface area contributed by atoms with Crippen LogP contribution in [0.25, 0.3) is 0 Å². The first kappa shape index (κ1) is 19.9. The Balaban J connectivity index is 2.07. The van der Waals surface area contributed by atoms with Crippen molar-refractivity contribution in [2.75, 3.05) is 26.2 Å². The van der Waals surface area contributed by atoms with Gasteiger partial charge in [-0.25, -0.2) is 13.1 Å². The van der Waals surface area contributed by atoms with Gasteiger partial charge in [-0.3, -0.25) is 4.79 Å². The summed E-state index contributed by atoms with van der Waals surface area (Å²) >= 11 is 0. The van der Waals surface area contributed by atoms with Crippen molar-refractivity contribution in [2.24, 2.45) is 0 Å². The zero-order chi connectivity index (χ0) is 18.4. The second-order valence-electron chi connectivity index (χ2n) is 6.57. The first-order valence-corrected chi connectivity index (χ1v) is 10.5. The van der Waals surface area contributed by atoms with Crippen molar-refractivity contribution in [3.63, 3.8) is 0 Å². The molecular weight excluding hydrogens is 338 g/mol. The minimum Gasteiger partial charge on any atom is -0.349 e. The summed E-state index contributed by atoms with van der Waals surface area (Å²) in [6, 6.07) is 4.83. The van der Waals surface area contributed by atoms with E-state index >= 15 is 0 Å². The molecule has 0 aromatic heterocycles. The third-order valence-corrected chi connectivity index (χ3v) is 6.10. The fraction of sp³-hybridized carbons (Fsp3) is 0.611. The van der Waals surface area contributed by atoms with Crippen molar-refractivity contribution in [3.8, 4) is 0 Å². The first-order valence-electron chi connectivity index (χ1n) is 9.01. The number of benzene rings is 1. The van der Waals surface area contributed by atoms with Crippen molar-refractivity contribution >= 4 is 15.9 Å². The maximum atomic E-state index is 12.6. The highest BCUT2D eigenvalue weighted by Crippen LogP contribution is 2.17. The zero-order valence-electron chi connectivity index (χ0n) is 15.3. The molecule has 140 valence electrons. The van der Waals surface area contributed by atoms with Gasteiger partial charge in [-0.05, 0) is 50.4 Å². The van der Waals surface area contributed by atoms with Gasteiger partial charge in [0.2, 0.25) is 10.0 Å². The summed E-state index contributed by atoms with van der Waals surface area (Å²) in [5.74, 6) is -0.194. The molecule has 1 aliphatic rings. The molecule has 1 heterocycles. The van der Waals surface area contributed by atoms with Crippen LogP contribution in [0.1, 0.15) is 49.0 Å². The predicted molar refractivity (Wildman–Crippen MR) is 99.3 cm³/mol. The normalized spacial score (nSPS) is 16.8. The highest BCUT2D eigenvalue weighted by atomic mass is 32.2. The van der Waals surface area contributed by atoms with Gasteiger partial charge >= 0.3 is 0 Å². The Morgan fingerprint density at radius 3 is 2.52 bits per heavy atom. The molecule has 0 saturated carbocycles. The van der Waals surface area contributed by atoms with Crippen LogP contribution in [0.15, 0.2) is 23.1 Å². The van der Waals surface area contributed by atoms with Crippen LogP contribution in [0.2, 0.25) is 0 Å². The molecule has 0 spiro atoms. The summed E-state index contributed by atoms with van der Waals surface area (Å²) < 4.78 is 26.8. The van der Waals surface area contributed by atoms with Gasteiger partial charge in [0.25, 0.3) is 5.91 Å². The van der Waals surface area contributed by atoms with E-state index in [1.807, 2.05) is 6.92 Å². The first-order chi connectivity index (χ1) is 11.9. The Bertz CT molecular complexity index is 696. The van der Waals surface area contributed by atoms with Crippen molar-refractivity contribution in [1.82, 2.24) is 14.9 Å². The number of rotatable bonds is 7. The van der Waals surface area contributed by atoms with E-state index < -0.39 is 10.0 Å². The Morgan fingerprint density at radius 2 is 1.92 bits per heavy atom. The zero-order valence-corrected chi connectivity index (χ0v) is 16.2. The largest absolute Gasteiger partial charge is 0.349 e. The van der Waals surface area contributed by atoms with E-state index in [4.69, 9.17) is 0 Å². The van der Waals surface area contributed by atoms with E-state index in [-0.39, 0.29) is 16.8 Å². The number of hydrogen-bond acceptors (Lipinski definition) is 4. The second-order valence-corrected chi connectivity index (χ2v) is 8.33. The fourth-order valence-corrected chi connectivity index (χ4v) is 4.23. The van der Waals surface area contributed by atoms with Crippen LogP contribution in [0.3, 0.4) is 0 Å². The van der Waals surface area contributed by atoms with Gasteiger partial charge < -0.3 is 10.2 Å². The number of carbonyl (C=O) groups excluding carboxylic acids is 1. The standard InChI is InChI=1S/C18H29N3O3S/c1-4-10-21-11-8-15(9-12-21)20-18(22)17-13-16(7-6-14(17)3)25(23,24)19-5-2/h6-7,13,15,19H,4-5,8-12H2,1-3H3,(H,20,22). The third kappa shape index (κ3) is 5.26. The van der Waals surface area contributed by atoms with Crippen LogP contribution in [-0.2, 0) is 10.0 Å². The molecule has 1 fully saturated rings. The summed E-state index contributed by atoms with van der Waals surface area (Å²) in [5.41, 5.74) is 1.20. The second kappa shape index (κ2) is 8.78. The molecule has 1 aliphatic heterocycles. The number of nitrogens with zero attached hydrogens (tertiary/aromatic N) is 1. The Morgan fingerprint density at radius 1 is 1.24 bits per heavy atom. The van der Waals surface area contributed by atoms with E-state index in [0.29, 0.717) is 12.1 Å². The number of piperidine rings is 1. The van der Waals surface area contributed by atoms with Crippen LogP contribution >= 0.6 is 0 Å². The van der Waals surface area contributed by atoms with E-state index in [2.05, 4.69) is 21.9 Å². The van der Waals surface area contributed by atoms with Crippen molar-refractivity contribution in [1.29, 1.82) is 0 Å². The molecule has 2 rings (SSSR count). The molecule has 1 saturated heterocycles. The lowest BCUT2D eigenvalue weighted by molar-refractivity contribution is 0.0910. The van der Waals surface area contributed by atoms with Crippen LogP contribution in [0.5, 0.6) is 0 Å². The predicted octanol–water partition coefficient (Wildman–Crippen LogP) is 1.90. The van der Waals surface area contributed by atoms with Crippen molar-refractivity contribution < 1.29 is 13.2 Å². The van der Waals surface area contributed by atoms with E-state index in [9.17, 15) is 13.2 Å². The lowest BCUT2D eigenvalue weighted by atomic mass is 10.0. The van der Waals surface area contributed by atoms with Crippen LogP contribution in [-0.4, -0.2) is 51.4 Å². The monoisotopic (exact) mass is 367 g/mol. The fourth-order valence-electron chi connectivity index (χ4n) is 3.17. The molecule has 1 amide bonds. The summed E-state index contributed by atoms with van der Waals surface area (Å²) in [7, 11) is -3.57. The molecule has 0 unspecified atom stereocenters. The van der Waals surface area contributed by atoms with Crippen LogP contribution in [0.4, 0.5) is 0 Å². The van der Waals surface area contributed by atoms with Crippen molar-refractivity contribution in [2.45, 2.75) is 51.0 Å². The van der Waals surface area contributed by atoms with Crippen molar-refractivity contribution in [3.05, 3.63) is 29.3 Å². The van der Waals surface area contributed by atoms with Crippen LogP contribution < -0.4 is 10.0 Å². The Labute approximate surface area is 151 Å². The molecule has 7 heteroatoms. The average Bonchev–Trinajstić information content (AvgIpc) is 2.57. The number of carbonyl (C=O) groups is 1. The van der Waals surface area contributed by atoms with E-state index in [1.54, 1.807) is 13.0 Å². The Hall–Kier alpha value is -1.44. The van der Waals surface area contributed by atoms with Gasteiger partial charge in [-0.1, -0.05) is 19.9 Å². The minimum absolute atomic E-state index is 0.128. The molecule has 0 aliphatic carbocycles. The topological polar surface area (TPSA) is 78.5 Å². The number of amides is 1. The maximum absolute atomic E-state index is 12.6. The number of nitrogens with one attached hydrogen (secondary N) is 2. The molecule has 1 aromatic carbocycles. The van der Waals surface area contributed by atoms with Gasteiger partial charge in [0.15, 0.2) is 0 Å². The number of hydrogen-bond donors (Lipinski definition) is 2. The van der Waals surface area contributed by atoms with Crippen LogP contribution in [0, 0.1) is 6.92 Å². The van der Waals surface area contributed by atoms with Gasteiger partial charge in [0, 0.05) is 31.2 Å². The minimum atomic E-state index is -3.57. The molecule has 0 radical (unpaired) electrons. The lowest BCUT2D eigenvalue weighted by Gasteiger charge is -2.32. The molecule has 1 aromatic rings. The molecule has 6 nitrogen and oxygen atoms in total. The van der Waals surface area contributed by atoms with Gasteiger partial charge in [0.1, 0.15) is 0 Å². The SMILES string of the molecule is CCCN1CCC(NC(=O)c2cc(S(=O)(=O)NCC)ccc2C)CC1. The smallest absolute Gasteiger partial charge is 0.251 e. The number of likely N-dealkylation sites (tertiary alicyclic amines) is 1. The highest BCUT2D eigenvalue weighted by molar-refractivity contribution is 7.89. The summed E-state index contributed by atoms with van der Waals surface area (Å²) in [6.45, 7) is 9.12. The third-order valence-electron chi connectivity index (χ3n) is 4.56. The van der Waals surface area contributed by atoms with E-state index in [1.165, 1.54) is 12.1 Å². The van der Waals surface area contributed by atoms with Gasteiger partial charge in [-0.15, -0.1) is 0 Å². The number of sulfonamides is 1. The summed E-state index contributed by atoms with van der Waals surface area (Å²) in [6.07, 6.45) is 3.00. The summed E-state index contributed by atoms with van der Waals surface area (Å²) in [5, 5.41) is 3.07. The molecular formula is C18H29N3O3S. The molecule has 25 heavy (non-hydrogen) atoms. The van der Waals surface area contributed by atoms with Gasteiger partial charge in [-0.2, -0.15) is 0 Å². The molecule has 2 N–H and O–H groups in total.